The Bertz CT molecular complexity index is 1330. The van der Waals surface area contributed by atoms with Crippen LogP contribution in [0.3, 0.4) is 0 Å². The quantitative estimate of drug-likeness (QED) is 0.202. The number of aliphatic hydroxyl groups excluding tert-OH is 1. The summed E-state index contributed by atoms with van der Waals surface area (Å²) in [4.78, 5) is 18.5. The average molecular weight is 523 g/mol. The predicted octanol–water partition coefficient (Wildman–Crippen LogP) is 6.29. The molecule has 0 aliphatic rings. The van der Waals surface area contributed by atoms with E-state index < -0.39 is 31.1 Å². The van der Waals surface area contributed by atoms with Crippen molar-refractivity contribution >= 4 is 14.0 Å². The van der Waals surface area contributed by atoms with Crippen LogP contribution in [0.2, 0.25) is 0 Å². The van der Waals surface area contributed by atoms with E-state index in [1.165, 1.54) is 19.1 Å². The van der Waals surface area contributed by atoms with Crippen molar-refractivity contribution in [2.24, 2.45) is 0 Å². The molecular weight excluding hydrogens is 492 g/mol. The number of halogens is 1. The molecule has 0 aliphatic carbocycles. The fraction of sp³-hybridized carbons (Fsp3) is 0.310. The second-order valence-corrected chi connectivity index (χ2v) is 10.4. The third-order valence-corrected chi connectivity index (χ3v) is 7.74. The van der Waals surface area contributed by atoms with Gasteiger partial charge in [-0.05, 0) is 53.0 Å². The van der Waals surface area contributed by atoms with E-state index in [9.17, 15) is 18.9 Å². The first-order valence-corrected chi connectivity index (χ1v) is 13.1. The maximum atomic E-state index is 13.9. The fourth-order valence-corrected chi connectivity index (χ4v) is 5.06. The molecule has 3 aromatic rings. The minimum atomic E-state index is -2.83. The van der Waals surface area contributed by atoms with E-state index in [1.807, 2.05) is 51.1 Å². The summed E-state index contributed by atoms with van der Waals surface area (Å²) in [5.41, 5.74) is 3.93. The van der Waals surface area contributed by atoms with Gasteiger partial charge >= 0.3 is 19.2 Å². The standard InChI is InChI=1S/C29H30FNO5P/c1-7-23-24(20-14-16-22(30)17-15-20)27(36-28(33)29(8-2,19(5)32)37(34)35-6)25(18(3)4)31-26(23)21-12-10-9-11-13-21/h2,9-19,32H,7H2,1,3-6H3/q+1. The Balaban J connectivity index is 2.40. The molecule has 6 nitrogen and oxygen atoms in total. The fourth-order valence-electron chi connectivity index (χ4n) is 4.16. The predicted molar refractivity (Wildman–Crippen MR) is 142 cm³/mol. The summed E-state index contributed by atoms with van der Waals surface area (Å²) in [7, 11) is -1.69. The Labute approximate surface area is 217 Å². The molecule has 0 saturated heterocycles. The summed E-state index contributed by atoms with van der Waals surface area (Å²) in [6, 6.07) is 15.4. The molecule has 192 valence electrons. The number of aromatic nitrogens is 1. The monoisotopic (exact) mass is 522 g/mol. The smallest absolute Gasteiger partial charge is 0.419 e. The van der Waals surface area contributed by atoms with E-state index in [0.717, 1.165) is 18.2 Å². The summed E-state index contributed by atoms with van der Waals surface area (Å²) in [5, 5.41) is 8.19. The number of benzene rings is 2. The molecule has 1 heterocycles. The van der Waals surface area contributed by atoms with Crippen molar-refractivity contribution in [3.8, 4) is 40.5 Å². The SMILES string of the molecule is C#CC(C(=O)Oc1c(C(C)C)nc(-c2ccccc2)c(CC)c1-c1ccc(F)cc1)(C(C)O)[P+](=O)OC. The summed E-state index contributed by atoms with van der Waals surface area (Å²) < 4.78 is 37.5. The zero-order valence-electron chi connectivity index (χ0n) is 21.5. The van der Waals surface area contributed by atoms with Crippen molar-refractivity contribution < 1.29 is 28.1 Å². The Morgan fingerprint density at radius 2 is 1.76 bits per heavy atom. The Morgan fingerprint density at radius 3 is 2.24 bits per heavy atom. The van der Waals surface area contributed by atoms with Gasteiger partial charge in [0.1, 0.15) is 11.9 Å². The number of pyridine rings is 1. The van der Waals surface area contributed by atoms with Crippen LogP contribution in [0.15, 0.2) is 54.6 Å². The van der Waals surface area contributed by atoms with E-state index in [0.29, 0.717) is 28.9 Å². The number of ether oxygens (including phenoxy) is 1. The van der Waals surface area contributed by atoms with Crippen molar-refractivity contribution in [2.75, 3.05) is 7.11 Å². The lowest BCUT2D eigenvalue weighted by Crippen LogP contribution is -2.46. The number of rotatable bonds is 9. The lowest BCUT2D eigenvalue weighted by Gasteiger charge is -2.24. The number of carbonyl (C=O) groups excluding carboxylic acids is 1. The number of terminal acetylenes is 1. The van der Waals surface area contributed by atoms with Crippen LogP contribution in [-0.2, 0) is 20.3 Å². The van der Waals surface area contributed by atoms with Gasteiger partial charge in [-0.3, -0.25) is 0 Å². The topological polar surface area (TPSA) is 85.7 Å². The van der Waals surface area contributed by atoms with E-state index in [2.05, 4.69) is 5.92 Å². The second-order valence-electron chi connectivity index (χ2n) is 8.83. The van der Waals surface area contributed by atoms with E-state index >= 15 is 0 Å². The number of carbonyl (C=O) groups is 1. The van der Waals surface area contributed by atoms with Gasteiger partial charge in [0.05, 0.1) is 18.5 Å². The molecule has 0 saturated carbocycles. The van der Waals surface area contributed by atoms with Gasteiger partial charge in [-0.15, -0.1) is 10.9 Å². The number of hydrogen-bond acceptors (Lipinski definition) is 6. The molecule has 2 aromatic carbocycles. The molecule has 3 unspecified atom stereocenters. The lowest BCUT2D eigenvalue weighted by molar-refractivity contribution is -0.138. The van der Waals surface area contributed by atoms with Gasteiger partial charge in [0.2, 0.25) is 0 Å². The minimum absolute atomic E-state index is 0.114. The Morgan fingerprint density at radius 1 is 1.14 bits per heavy atom. The molecule has 1 N–H and O–H groups in total. The van der Waals surface area contributed by atoms with Crippen molar-refractivity contribution in [1.82, 2.24) is 4.98 Å². The molecule has 0 aliphatic heterocycles. The lowest BCUT2D eigenvalue weighted by atomic mass is 9.90. The van der Waals surface area contributed by atoms with Crippen LogP contribution in [0.1, 0.15) is 44.9 Å². The highest BCUT2D eigenvalue weighted by atomic mass is 31.1. The maximum absolute atomic E-state index is 13.9. The van der Waals surface area contributed by atoms with Gasteiger partial charge in [-0.2, -0.15) is 0 Å². The summed E-state index contributed by atoms with van der Waals surface area (Å²) >= 11 is 0. The summed E-state index contributed by atoms with van der Waals surface area (Å²) in [5.74, 6) is 0.548. The van der Waals surface area contributed by atoms with Crippen LogP contribution < -0.4 is 4.74 Å². The molecule has 3 atom stereocenters. The van der Waals surface area contributed by atoms with E-state index in [1.54, 1.807) is 12.1 Å². The molecule has 0 amide bonds. The van der Waals surface area contributed by atoms with Crippen molar-refractivity contribution in [2.45, 2.75) is 51.3 Å². The minimum Gasteiger partial charge on any atom is -0.419 e. The molecule has 8 heteroatoms. The van der Waals surface area contributed by atoms with Crippen molar-refractivity contribution in [3.05, 3.63) is 71.7 Å². The molecular formula is C29H30FNO5P+. The highest BCUT2D eigenvalue weighted by molar-refractivity contribution is 7.43. The van der Waals surface area contributed by atoms with Gasteiger partial charge < -0.3 is 9.84 Å². The van der Waals surface area contributed by atoms with Crippen LogP contribution >= 0.6 is 8.03 Å². The summed E-state index contributed by atoms with van der Waals surface area (Å²) in [6.45, 7) is 6.99. The van der Waals surface area contributed by atoms with Crippen LogP contribution in [0.5, 0.6) is 5.75 Å². The van der Waals surface area contributed by atoms with Crippen molar-refractivity contribution in [3.63, 3.8) is 0 Å². The van der Waals surface area contributed by atoms with Crippen LogP contribution in [-0.4, -0.2) is 34.4 Å². The molecule has 0 radical (unpaired) electrons. The molecule has 37 heavy (non-hydrogen) atoms. The molecule has 0 spiro atoms. The largest absolute Gasteiger partial charge is 0.542 e. The van der Waals surface area contributed by atoms with Gasteiger partial charge in [0.25, 0.3) is 0 Å². The van der Waals surface area contributed by atoms with E-state index in [-0.39, 0.29) is 11.7 Å². The first kappa shape index (κ1) is 28.1. The van der Waals surface area contributed by atoms with E-state index in [4.69, 9.17) is 20.7 Å². The molecule has 0 bridgehead atoms. The zero-order valence-corrected chi connectivity index (χ0v) is 22.4. The highest BCUT2D eigenvalue weighted by Gasteiger charge is 2.63. The zero-order chi connectivity index (χ0) is 27.3. The third-order valence-electron chi connectivity index (χ3n) is 6.14. The highest BCUT2D eigenvalue weighted by Crippen LogP contribution is 2.47. The Hall–Kier alpha value is -3.43. The Kier molecular flexibility index (Phi) is 8.94. The van der Waals surface area contributed by atoms with Gasteiger partial charge in [0.15, 0.2) is 5.75 Å². The second kappa shape index (κ2) is 11.7. The first-order chi connectivity index (χ1) is 17.6. The van der Waals surface area contributed by atoms with Crippen molar-refractivity contribution in [1.29, 1.82) is 0 Å². The number of aliphatic hydroxyl groups is 1. The van der Waals surface area contributed by atoms with Gasteiger partial charge in [0, 0.05) is 11.1 Å². The number of hydrogen-bond donors (Lipinski definition) is 1. The third kappa shape index (κ3) is 5.33. The first-order valence-electron chi connectivity index (χ1n) is 11.9. The number of esters is 1. The molecule has 1 aromatic heterocycles. The average Bonchev–Trinajstić information content (AvgIpc) is 2.89. The van der Waals surface area contributed by atoms with Crippen LogP contribution in [0.25, 0.3) is 22.4 Å². The van der Waals surface area contributed by atoms with Gasteiger partial charge in [-0.1, -0.05) is 63.2 Å². The summed E-state index contributed by atoms with van der Waals surface area (Å²) in [6.07, 6.45) is 4.60. The number of nitrogens with zero attached hydrogens (tertiary/aromatic N) is 1. The van der Waals surface area contributed by atoms with Gasteiger partial charge in [-0.25, -0.2) is 14.2 Å². The molecule has 3 rings (SSSR count). The normalized spacial score (nSPS) is 14.0. The van der Waals surface area contributed by atoms with Crippen LogP contribution in [0.4, 0.5) is 4.39 Å². The van der Waals surface area contributed by atoms with Crippen LogP contribution in [0, 0.1) is 18.2 Å². The maximum Gasteiger partial charge on any atom is 0.542 e. The molecule has 0 fully saturated rings.